The number of carboxylic acid groups (broad SMARTS) is 1. The Morgan fingerprint density at radius 3 is 3.07 bits per heavy atom. The number of hydrogen-bond acceptors (Lipinski definition) is 4. The number of carbonyl (C=O) groups is 1. The van der Waals surface area contributed by atoms with Crippen molar-refractivity contribution in [1.82, 2.24) is 15.1 Å². The lowest BCUT2D eigenvalue weighted by molar-refractivity contribution is 0.0695. The van der Waals surface area contributed by atoms with Crippen LogP contribution in [0.5, 0.6) is 0 Å². The highest BCUT2D eigenvalue weighted by molar-refractivity contribution is 5.88. The van der Waals surface area contributed by atoms with Gasteiger partial charge in [-0.1, -0.05) is 0 Å². The highest BCUT2D eigenvalue weighted by atomic mass is 16.5. The third kappa shape index (κ3) is 3.03. The van der Waals surface area contributed by atoms with E-state index in [2.05, 4.69) is 10.4 Å². The number of nitrogens with zero attached hydrogens (tertiary/aromatic N) is 2. The van der Waals surface area contributed by atoms with Gasteiger partial charge in [0.25, 0.3) is 0 Å². The lowest BCUT2D eigenvalue weighted by Gasteiger charge is -2.05. The van der Waals surface area contributed by atoms with Crippen LogP contribution in [0.3, 0.4) is 0 Å². The molecule has 0 bridgehead atoms. The SMILES string of the molecule is COCCNCc1c(C(=O)O)cnn1C. The van der Waals surface area contributed by atoms with Crippen molar-refractivity contribution in [1.29, 1.82) is 0 Å². The number of rotatable bonds is 6. The number of hydrogen-bond donors (Lipinski definition) is 2. The first-order chi connectivity index (χ1) is 7.16. The van der Waals surface area contributed by atoms with Crippen LogP contribution in [0.25, 0.3) is 0 Å². The fourth-order valence-corrected chi connectivity index (χ4v) is 1.23. The minimum Gasteiger partial charge on any atom is -0.478 e. The van der Waals surface area contributed by atoms with Crippen LogP contribution in [0.2, 0.25) is 0 Å². The van der Waals surface area contributed by atoms with E-state index in [9.17, 15) is 4.79 Å². The molecule has 2 N–H and O–H groups in total. The molecule has 1 rings (SSSR count). The second kappa shape index (κ2) is 5.47. The van der Waals surface area contributed by atoms with E-state index in [0.29, 0.717) is 25.4 Å². The minimum absolute atomic E-state index is 0.238. The Morgan fingerprint density at radius 1 is 1.73 bits per heavy atom. The van der Waals surface area contributed by atoms with Gasteiger partial charge >= 0.3 is 5.97 Å². The molecule has 0 aromatic carbocycles. The van der Waals surface area contributed by atoms with Gasteiger partial charge in [-0.2, -0.15) is 5.10 Å². The summed E-state index contributed by atoms with van der Waals surface area (Å²) in [7, 11) is 3.34. The third-order valence-electron chi connectivity index (χ3n) is 2.07. The van der Waals surface area contributed by atoms with Gasteiger partial charge in [-0.25, -0.2) is 4.79 Å². The van der Waals surface area contributed by atoms with Crippen molar-refractivity contribution in [3.8, 4) is 0 Å². The van der Waals surface area contributed by atoms with Crippen LogP contribution in [-0.4, -0.2) is 41.1 Å². The van der Waals surface area contributed by atoms with E-state index in [4.69, 9.17) is 9.84 Å². The fourth-order valence-electron chi connectivity index (χ4n) is 1.23. The van der Waals surface area contributed by atoms with Crippen molar-refractivity contribution in [3.05, 3.63) is 17.5 Å². The van der Waals surface area contributed by atoms with Crippen molar-refractivity contribution in [2.24, 2.45) is 7.05 Å². The van der Waals surface area contributed by atoms with Crippen LogP contribution in [-0.2, 0) is 18.3 Å². The van der Waals surface area contributed by atoms with Crippen LogP contribution in [0, 0.1) is 0 Å². The quantitative estimate of drug-likeness (QED) is 0.643. The average Bonchev–Trinajstić information content (AvgIpc) is 2.55. The van der Waals surface area contributed by atoms with E-state index in [-0.39, 0.29) is 5.56 Å². The molecule has 0 spiro atoms. The molecular weight excluding hydrogens is 198 g/mol. The van der Waals surface area contributed by atoms with Crippen LogP contribution < -0.4 is 5.32 Å². The van der Waals surface area contributed by atoms with Crippen LogP contribution in [0.15, 0.2) is 6.20 Å². The van der Waals surface area contributed by atoms with Gasteiger partial charge in [0.1, 0.15) is 5.56 Å². The van der Waals surface area contributed by atoms with Gasteiger partial charge in [-0.3, -0.25) is 4.68 Å². The lowest BCUT2D eigenvalue weighted by atomic mass is 10.2. The van der Waals surface area contributed by atoms with E-state index in [1.165, 1.54) is 6.20 Å². The molecule has 0 aliphatic carbocycles. The second-order valence-electron chi connectivity index (χ2n) is 3.10. The average molecular weight is 213 g/mol. The molecule has 0 amide bonds. The monoisotopic (exact) mass is 213 g/mol. The molecule has 0 aliphatic rings. The van der Waals surface area contributed by atoms with Crippen molar-refractivity contribution in [2.75, 3.05) is 20.3 Å². The number of methoxy groups -OCH3 is 1. The zero-order valence-corrected chi connectivity index (χ0v) is 8.86. The van der Waals surface area contributed by atoms with Gasteiger partial charge in [0, 0.05) is 27.2 Å². The van der Waals surface area contributed by atoms with Gasteiger partial charge < -0.3 is 15.2 Å². The highest BCUT2D eigenvalue weighted by Gasteiger charge is 2.13. The van der Waals surface area contributed by atoms with Crippen molar-refractivity contribution >= 4 is 5.97 Å². The molecule has 0 aliphatic heterocycles. The molecule has 84 valence electrons. The van der Waals surface area contributed by atoms with E-state index in [1.54, 1.807) is 18.8 Å². The van der Waals surface area contributed by atoms with Gasteiger partial charge in [-0.15, -0.1) is 0 Å². The van der Waals surface area contributed by atoms with Gasteiger partial charge in [0.05, 0.1) is 18.5 Å². The van der Waals surface area contributed by atoms with Gasteiger partial charge in [-0.05, 0) is 0 Å². The van der Waals surface area contributed by atoms with Gasteiger partial charge in [0.2, 0.25) is 0 Å². The Morgan fingerprint density at radius 2 is 2.47 bits per heavy atom. The number of aromatic nitrogens is 2. The van der Waals surface area contributed by atoms with E-state index in [0.717, 1.165) is 0 Å². The molecular formula is C9H15N3O3. The van der Waals surface area contributed by atoms with Crippen LogP contribution >= 0.6 is 0 Å². The van der Waals surface area contributed by atoms with E-state index >= 15 is 0 Å². The topological polar surface area (TPSA) is 76.4 Å². The third-order valence-corrected chi connectivity index (χ3v) is 2.07. The molecule has 6 heteroatoms. The van der Waals surface area contributed by atoms with Crippen LogP contribution in [0.1, 0.15) is 16.1 Å². The molecule has 0 unspecified atom stereocenters. The smallest absolute Gasteiger partial charge is 0.339 e. The molecule has 1 aromatic rings. The largest absolute Gasteiger partial charge is 0.478 e. The number of carboxylic acids is 1. The van der Waals surface area contributed by atoms with Gasteiger partial charge in [0.15, 0.2) is 0 Å². The number of aryl methyl sites for hydroxylation is 1. The molecule has 6 nitrogen and oxygen atoms in total. The predicted molar refractivity (Wildman–Crippen MR) is 53.8 cm³/mol. The summed E-state index contributed by atoms with van der Waals surface area (Å²) in [5.74, 6) is -0.952. The summed E-state index contributed by atoms with van der Waals surface area (Å²) in [4.78, 5) is 10.8. The summed E-state index contributed by atoms with van der Waals surface area (Å²) in [5, 5.41) is 15.9. The highest BCUT2D eigenvalue weighted by Crippen LogP contribution is 2.06. The molecule has 0 saturated carbocycles. The first-order valence-electron chi connectivity index (χ1n) is 4.60. The molecule has 15 heavy (non-hydrogen) atoms. The standard InChI is InChI=1S/C9H15N3O3/c1-12-8(6-10-3-4-15-2)7(5-11-12)9(13)14/h5,10H,3-4,6H2,1-2H3,(H,13,14). The Labute approximate surface area is 87.8 Å². The second-order valence-corrected chi connectivity index (χ2v) is 3.10. The first-order valence-corrected chi connectivity index (χ1v) is 4.60. The normalized spacial score (nSPS) is 10.5. The minimum atomic E-state index is -0.952. The first kappa shape index (κ1) is 11.7. The van der Waals surface area contributed by atoms with Crippen molar-refractivity contribution in [3.63, 3.8) is 0 Å². The van der Waals surface area contributed by atoms with E-state index < -0.39 is 5.97 Å². The lowest BCUT2D eigenvalue weighted by Crippen LogP contribution is -2.21. The zero-order chi connectivity index (χ0) is 11.3. The maximum absolute atomic E-state index is 10.8. The van der Waals surface area contributed by atoms with Crippen molar-refractivity contribution < 1.29 is 14.6 Å². The van der Waals surface area contributed by atoms with E-state index in [1.807, 2.05) is 0 Å². The molecule has 1 aromatic heterocycles. The summed E-state index contributed by atoms with van der Waals surface area (Å²) in [5.41, 5.74) is 0.904. The number of nitrogens with one attached hydrogen (secondary N) is 1. The zero-order valence-electron chi connectivity index (χ0n) is 8.86. The molecule has 0 radical (unpaired) electrons. The summed E-state index contributed by atoms with van der Waals surface area (Å²) in [6.45, 7) is 1.75. The Kier molecular flexibility index (Phi) is 4.26. The summed E-state index contributed by atoms with van der Waals surface area (Å²) >= 11 is 0. The van der Waals surface area contributed by atoms with Crippen LogP contribution in [0.4, 0.5) is 0 Å². The number of aromatic carboxylic acids is 1. The maximum atomic E-state index is 10.8. The summed E-state index contributed by atoms with van der Waals surface area (Å²) < 4.78 is 6.43. The Hall–Kier alpha value is -1.40. The summed E-state index contributed by atoms with van der Waals surface area (Å²) in [6, 6.07) is 0. The Bertz CT molecular complexity index is 335. The predicted octanol–water partition coefficient (Wildman–Crippen LogP) is -0.146. The maximum Gasteiger partial charge on any atom is 0.339 e. The molecule has 1 heterocycles. The molecule has 0 atom stereocenters. The molecule has 0 fully saturated rings. The summed E-state index contributed by atoms with van der Waals surface area (Å²) in [6.07, 6.45) is 1.36. The number of ether oxygens (including phenoxy) is 1. The Balaban J connectivity index is 2.58. The molecule has 0 saturated heterocycles. The fraction of sp³-hybridized carbons (Fsp3) is 0.556. The van der Waals surface area contributed by atoms with Crippen molar-refractivity contribution in [2.45, 2.75) is 6.54 Å².